The van der Waals surface area contributed by atoms with Gasteiger partial charge in [-0.05, 0) is 6.42 Å². The smallest absolute Gasteiger partial charge is 0.274 e. The first kappa shape index (κ1) is 11.3. The van der Waals surface area contributed by atoms with Gasteiger partial charge in [0.2, 0.25) is 5.91 Å². The Balaban J connectivity index is 2.16. The summed E-state index contributed by atoms with van der Waals surface area (Å²) in [5.41, 5.74) is 5.63. The highest BCUT2D eigenvalue weighted by atomic mass is 16.2. The molecule has 0 spiro atoms. The molecule has 0 atom stereocenters. The molecule has 1 aromatic rings. The zero-order valence-electron chi connectivity index (χ0n) is 9.22. The van der Waals surface area contributed by atoms with Crippen LogP contribution in [-0.4, -0.2) is 46.3 Å². The molecule has 0 bridgehead atoms. The SMILES string of the molecule is Nc1cncc(C(=O)N2CCCNC(=O)C2)n1. The summed E-state index contributed by atoms with van der Waals surface area (Å²) in [6, 6.07) is 0. The van der Waals surface area contributed by atoms with E-state index in [4.69, 9.17) is 5.73 Å². The second kappa shape index (κ2) is 4.77. The van der Waals surface area contributed by atoms with Crippen LogP contribution in [0.15, 0.2) is 12.4 Å². The van der Waals surface area contributed by atoms with E-state index in [1.54, 1.807) is 0 Å². The second-order valence-electron chi connectivity index (χ2n) is 3.76. The maximum Gasteiger partial charge on any atom is 0.274 e. The molecule has 2 amide bonds. The zero-order chi connectivity index (χ0) is 12.3. The predicted octanol–water partition coefficient (Wildman–Crippen LogP) is -0.979. The van der Waals surface area contributed by atoms with E-state index in [9.17, 15) is 9.59 Å². The van der Waals surface area contributed by atoms with Gasteiger partial charge in [-0.15, -0.1) is 0 Å². The van der Waals surface area contributed by atoms with E-state index in [1.165, 1.54) is 17.3 Å². The van der Waals surface area contributed by atoms with Crippen molar-refractivity contribution in [2.24, 2.45) is 0 Å². The Kier molecular flexibility index (Phi) is 3.17. The first-order chi connectivity index (χ1) is 8.16. The molecule has 0 aromatic carbocycles. The van der Waals surface area contributed by atoms with Crippen LogP contribution in [0, 0.1) is 0 Å². The van der Waals surface area contributed by atoms with E-state index in [2.05, 4.69) is 15.3 Å². The number of nitrogens with two attached hydrogens (primary N) is 1. The van der Waals surface area contributed by atoms with Crippen molar-refractivity contribution in [1.29, 1.82) is 0 Å². The molecule has 1 saturated heterocycles. The quantitative estimate of drug-likeness (QED) is 0.651. The average Bonchev–Trinajstić information content (AvgIpc) is 2.53. The minimum Gasteiger partial charge on any atom is -0.382 e. The molecular formula is C10H13N5O2. The topological polar surface area (TPSA) is 101 Å². The molecule has 2 rings (SSSR count). The third-order valence-corrected chi connectivity index (χ3v) is 2.42. The molecule has 0 saturated carbocycles. The Bertz CT molecular complexity index is 448. The van der Waals surface area contributed by atoms with Crippen LogP contribution in [0.5, 0.6) is 0 Å². The Morgan fingerprint density at radius 1 is 1.47 bits per heavy atom. The van der Waals surface area contributed by atoms with Crippen LogP contribution < -0.4 is 11.1 Å². The number of carbonyl (C=O) groups excluding carboxylic acids is 2. The van der Waals surface area contributed by atoms with E-state index < -0.39 is 0 Å². The summed E-state index contributed by atoms with van der Waals surface area (Å²) in [7, 11) is 0. The van der Waals surface area contributed by atoms with Crippen molar-refractivity contribution in [1.82, 2.24) is 20.2 Å². The molecule has 0 radical (unpaired) electrons. The molecule has 7 nitrogen and oxygen atoms in total. The van der Waals surface area contributed by atoms with E-state index >= 15 is 0 Å². The summed E-state index contributed by atoms with van der Waals surface area (Å²) in [6.07, 6.45) is 3.45. The number of anilines is 1. The van der Waals surface area contributed by atoms with E-state index in [0.717, 1.165) is 6.42 Å². The Hall–Kier alpha value is -2.18. The van der Waals surface area contributed by atoms with Crippen molar-refractivity contribution in [3.05, 3.63) is 18.1 Å². The number of nitrogens with zero attached hydrogens (tertiary/aromatic N) is 3. The molecule has 1 fully saturated rings. The van der Waals surface area contributed by atoms with Gasteiger partial charge in [-0.25, -0.2) is 4.98 Å². The van der Waals surface area contributed by atoms with Gasteiger partial charge in [0.15, 0.2) is 0 Å². The minimum absolute atomic E-state index is 0.0509. The summed E-state index contributed by atoms with van der Waals surface area (Å²) in [4.78, 5) is 32.5. The van der Waals surface area contributed by atoms with Gasteiger partial charge < -0.3 is 16.0 Å². The highest BCUT2D eigenvalue weighted by Crippen LogP contribution is 2.05. The van der Waals surface area contributed by atoms with Gasteiger partial charge in [0.25, 0.3) is 5.91 Å². The average molecular weight is 235 g/mol. The highest BCUT2D eigenvalue weighted by molar-refractivity contribution is 5.95. The standard InChI is InChI=1S/C10H13N5O2/c11-8-5-12-4-7(14-8)10(17)15-3-1-2-13-9(16)6-15/h4-5H,1-3,6H2,(H2,11,14)(H,13,16). The van der Waals surface area contributed by atoms with Crippen LogP contribution in [0.1, 0.15) is 16.9 Å². The van der Waals surface area contributed by atoms with Gasteiger partial charge in [-0.2, -0.15) is 0 Å². The highest BCUT2D eigenvalue weighted by Gasteiger charge is 2.22. The monoisotopic (exact) mass is 235 g/mol. The van der Waals surface area contributed by atoms with Crippen molar-refractivity contribution < 1.29 is 9.59 Å². The van der Waals surface area contributed by atoms with Crippen molar-refractivity contribution in [2.45, 2.75) is 6.42 Å². The molecule has 1 aliphatic rings. The lowest BCUT2D eigenvalue weighted by molar-refractivity contribution is -0.121. The number of rotatable bonds is 1. The van der Waals surface area contributed by atoms with Gasteiger partial charge >= 0.3 is 0 Å². The van der Waals surface area contributed by atoms with Gasteiger partial charge in [-0.1, -0.05) is 0 Å². The number of nitrogen functional groups attached to an aromatic ring is 1. The lowest BCUT2D eigenvalue weighted by atomic mass is 10.3. The molecule has 1 aromatic heterocycles. The Labute approximate surface area is 98.0 Å². The molecular weight excluding hydrogens is 222 g/mol. The molecule has 3 N–H and O–H groups in total. The second-order valence-corrected chi connectivity index (χ2v) is 3.76. The number of carbonyl (C=O) groups is 2. The Morgan fingerprint density at radius 3 is 3.06 bits per heavy atom. The maximum atomic E-state index is 12.0. The molecule has 0 aliphatic carbocycles. The lowest BCUT2D eigenvalue weighted by Gasteiger charge is -2.18. The van der Waals surface area contributed by atoms with Crippen LogP contribution in [0.4, 0.5) is 5.82 Å². The predicted molar refractivity (Wildman–Crippen MR) is 60.0 cm³/mol. The largest absolute Gasteiger partial charge is 0.382 e. The summed E-state index contributed by atoms with van der Waals surface area (Å²) < 4.78 is 0. The van der Waals surface area contributed by atoms with Gasteiger partial charge in [0.05, 0.1) is 18.9 Å². The van der Waals surface area contributed by atoms with E-state index in [0.29, 0.717) is 13.1 Å². The first-order valence-corrected chi connectivity index (χ1v) is 5.30. The van der Waals surface area contributed by atoms with Crippen LogP contribution in [0.3, 0.4) is 0 Å². The first-order valence-electron chi connectivity index (χ1n) is 5.30. The van der Waals surface area contributed by atoms with Gasteiger partial charge in [0.1, 0.15) is 11.5 Å². The maximum absolute atomic E-state index is 12.0. The fourth-order valence-corrected chi connectivity index (χ4v) is 1.63. The molecule has 0 unspecified atom stereocenters. The third kappa shape index (κ3) is 2.68. The fourth-order valence-electron chi connectivity index (χ4n) is 1.63. The number of nitrogens with one attached hydrogen (secondary N) is 1. The summed E-state index contributed by atoms with van der Waals surface area (Å²) >= 11 is 0. The van der Waals surface area contributed by atoms with Crippen LogP contribution >= 0.6 is 0 Å². The number of aromatic nitrogens is 2. The minimum atomic E-state index is -0.318. The summed E-state index contributed by atoms with van der Waals surface area (Å²) in [5, 5.41) is 2.70. The number of amides is 2. The normalized spacial score (nSPS) is 16.2. The Morgan fingerprint density at radius 2 is 2.29 bits per heavy atom. The number of hydrogen-bond donors (Lipinski definition) is 2. The van der Waals surface area contributed by atoms with Crippen LogP contribution in [-0.2, 0) is 4.79 Å². The molecule has 90 valence electrons. The summed E-state index contributed by atoms with van der Waals surface area (Å²) in [5.74, 6) is -0.287. The van der Waals surface area contributed by atoms with Crippen LogP contribution in [0.2, 0.25) is 0 Å². The fraction of sp³-hybridized carbons (Fsp3) is 0.400. The van der Waals surface area contributed by atoms with Crippen LogP contribution in [0.25, 0.3) is 0 Å². The lowest BCUT2D eigenvalue weighted by Crippen LogP contribution is -2.37. The van der Waals surface area contributed by atoms with E-state index in [1.807, 2.05) is 0 Å². The van der Waals surface area contributed by atoms with Crippen molar-refractivity contribution in [3.8, 4) is 0 Å². The third-order valence-electron chi connectivity index (χ3n) is 2.42. The summed E-state index contributed by atoms with van der Waals surface area (Å²) in [6.45, 7) is 1.16. The number of hydrogen-bond acceptors (Lipinski definition) is 5. The van der Waals surface area contributed by atoms with Crippen molar-refractivity contribution in [3.63, 3.8) is 0 Å². The molecule has 7 heteroatoms. The molecule has 1 aliphatic heterocycles. The molecule has 17 heavy (non-hydrogen) atoms. The molecule has 2 heterocycles. The van der Waals surface area contributed by atoms with Gasteiger partial charge in [-0.3, -0.25) is 14.6 Å². The van der Waals surface area contributed by atoms with Gasteiger partial charge in [0, 0.05) is 13.1 Å². The zero-order valence-corrected chi connectivity index (χ0v) is 9.22. The van der Waals surface area contributed by atoms with Crippen molar-refractivity contribution >= 4 is 17.6 Å². The van der Waals surface area contributed by atoms with Crippen molar-refractivity contribution in [2.75, 3.05) is 25.4 Å². The van der Waals surface area contributed by atoms with E-state index in [-0.39, 0.29) is 29.9 Å².